The van der Waals surface area contributed by atoms with E-state index in [1.165, 1.54) is 0 Å². The highest BCUT2D eigenvalue weighted by Gasteiger charge is 2.21. The van der Waals surface area contributed by atoms with Crippen LogP contribution in [0.4, 0.5) is 0 Å². The van der Waals surface area contributed by atoms with Crippen LogP contribution in [0.15, 0.2) is 53.9 Å². The smallest absolute Gasteiger partial charge is 0.351 e. The van der Waals surface area contributed by atoms with Crippen LogP contribution in [0.1, 0.15) is 5.56 Å². The Morgan fingerprint density at radius 2 is 1.80 bits per heavy atom. The van der Waals surface area contributed by atoms with Crippen molar-refractivity contribution in [1.82, 2.24) is 0 Å². The molecule has 0 amide bonds. The maximum atomic E-state index is 11.4. The molecule has 5 nitrogen and oxygen atoms in total. The van der Waals surface area contributed by atoms with Gasteiger partial charge in [-0.2, -0.15) is 8.42 Å². The van der Waals surface area contributed by atoms with Gasteiger partial charge in [-0.25, -0.2) is 4.79 Å². The van der Waals surface area contributed by atoms with Crippen LogP contribution in [0.5, 0.6) is 0 Å². The monoisotopic (exact) mass is 292 g/mol. The first-order valence-corrected chi connectivity index (χ1v) is 7.14. The molecule has 0 aliphatic carbocycles. The van der Waals surface area contributed by atoms with Crippen molar-refractivity contribution in [3.63, 3.8) is 0 Å². The third kappa shape index (κ3) is 3.04. The maximum Gasteiger partial charge on any atom is 0.351 e. The van der Waals surface area contributed by atoms with E-state index in [-0.39, 0.29) is 6.61 Å². The fourth-order valence-electron chi connectivity index (χ4n) is 1.75. The molecule has 20 heavy (non-hydrogen) atoms. The van der Waals surface area contributed by atoms with Crippen molar-refractivity contribution in [3.05, 3.63) is 59.5 Å². The van der Waals surface area contributed by atoms with Gasteiger partial charge in [0.1, 0.15) is 6.61 Å². The number of fused-ring (bicyclic) bond motifs is 1. The zero-order valence-corrected chi connectivity index (χ0v) is 11.3. The summed E-state index contributed by atoms with van der Waals surface area (Å²) in [5.41, 5.74) is 0.736. The van der Waals surface area contributed by atoms with E-state index >= 15 is 0 Å². The van der Waals surface area contributed by atoms with E-state index in [2.05, 4.69) is 6.58 Å². The van der Waals surface area contributed by atoms with E-state index in [0.29, 0.717) is 0 Å². The summed E-state index contributed by atoms with van der Waals surface area (Å²) in [6, 6.07) is 13.0. The van der Waals surface area contributed by atoms with Gasteiger partial charge in [-0.3, -0.25) is 4.55 Å². The first-order chi connectivity index (χ1) is 9.39. The zero-order valence-electron chi connectivity index (χ0n) is 10.4. The van der Waals surface area contributed by atoms with Gasteiger partial charge in [-0.15, -0.1) is 0 Å². The topological polar surface area (TPSA) is 80.7 Å². The first-order valence-electron chi connectivity index (χ1n) is 5.70. The Morgan fingerprint density at radius 3 is 2.50 bits per heavy atom. The van der Waals surface area contributed by atoms with Crippen LogP contribution in [-0.2, 0) is 26.3 Å². The molecule has 0 aromatic heterocycles. The molecule has 104 valence electrons. The second-order valence-corrected chi connectivity index (χ2v) is 5.56. The molecule has 0 unspecified atom stereocenters. The van der Waals surface area contributed by atoms with Gasteiger partial charge in [0.05, 0.1) is 0 Å². The Kier molecular flexibility index (Phi) is 3.87. The Hall–Kier alpha value is -2.18. The number of ether oxygens (including phenoxy) is 1. The van der Waals surface area contributed by atoms with E-state index in [9.17, 15) is 13.2 Å². The van der Waals surface area contributed by atoms with Gasteiger partial charge >= 0.3 is 16.1 Å². The number of hydrogen-bond donors (Lipinski definition) is 1. The lowest BCUT2D eigenvalue weighted by Gasteiger charge is -2.08. The lowest BCUT2D eigenvalue weighted by molar-refractivity contribution is -0.139. The van der Waals surface area contributed by atoms with Crippen molar-refractivity contribution in [1.29, 1.82) is 0 Å². The molecule has 2 aromatic carbocycles. The highest BCUT2D eigenvalue weighted by Crippen LogP contribution is 2.19. The summed E-state index contributed by atoms with van der Waals surface area (Å²) in [6.07, 6.45) is 0. The SMILES string of the molecule is C=C(C(=O)OCc1cccc2ccccc12)S(=O)(=O)O. The van der Waals surface area contributed by atoms with Crippen LogP contribution < -0.4 is 0 Å². The number of esters is 1. The molecule has 0 bridgehead atoms. The molecule has 0 saturated carbocycles. The molecule has 0 heterocycles. The summed E-state index contributed by atoms with van der Waals surface area (Å²) < 4.78 is 35.0. The van der Waals surface area contributed by atoms with Crippen molar-refractivity contribution >= 4 is 26.9 Å². The maximum absolute atomic E-state index is 11.4. The molecule has 0 atom stereocenters. The van der Waals surface area contributed by atoms with Crippen molar-refractivity contribution in [2.75, 3.05) is 0 Å². The molecule has 0 fully saturated rings. The summed E-state index contributed by atoms with van der Waals surface area (Å²) in [5.74, 6) is -1.17. The van der Waals surface area contributed by atoms with Gasteiger partial charge in [0.2, 0.25) is 0 Å². The lowest BCUT2D eigenvalue weighted by atomic mass is 10.1. The summed E-state index contributed by atoms with van der Waals surface area (Å²) in [5, 5.41) is 1.88. The average molecular weight is 292 g/mol. The normalized spacial score (nSPS) is 11.2. The largest absolute Gasteiger partial charge is 0.457 e. The summed E-state index contributed by atoms with van der Waals surface area (Å²) >= 11 is 0. The Labute approximate surface area is 116 Å². The predicted molar refractivity (Wildman–Crippen MR) is 74.4 cm³/mol. The minimum atomic E-state index is -4.62. The van der Waals surface area contributed by atoms with E-state index in [0.717, 1.165) is 16.3 Å². The lowest BCUT2D eigenvalue weighted by Crippen LogP contribution is -2.14. The van der Waals surface area contributed by atoms with Crippen LogP contribution >= 0.6 is 0 Å². The number of hydrogen-bond acceptors (Lipinski definition) is 4. The molecule has 1 N–H and O–H groups in total. The van der Waals surface area contributed by atoms with E-state index in [4.69, 9.17) is 9.29 Å². The van der Waals surface area contributed by atoms with Crippen LogP contribution in [0.3, 0.4) is 0 Å². The second-order valence-electron chi connectivity index (χ2n) is 4.11. The standard InChI is InChI=1S/C14H12O5S/c1-10(20(16,17)18)14(15)19-9-12-7-4-6-11-5-2-3-8-13(11)12/h2-8H,1,9H2,(H,16,17,18). The highest BCUT2D eigenvalue weighted by molar-refractivity contribution is 7.90. The molecule has 2 aromatic rings. The fourth-order valence-corrected chi connectivity index (χ4v) is 2.02. The van der Waals surface area contributed by atoms with Gasteiger partial charge in [0, 0.05) is 0 Å². The minimum absolute atomic E-state index is 0.102. The zero-order chi connectivity index (χ0) is 14.8. The quantitative estimate of drug-likeness (QED) is 0.531. The van der Waals surface area contributed by atoms with Crippen LogP contribution in [0, 0.1) is 0 Å². The van der Waals surface area contributed by atoms with Gasteiger partial charge in [-0.05, 0) is 16.3 Å². The fraction of sp³-hybridized carbons (Fsp3) is 0.0714. The highest BCUT2D eigenvalue weighted by atomic mass is 32.2. The van der Waals surface area contributed by atoms with Crippen molar-refractivity contribution in [2.24, 2.45) is 0 Å². The third-order valence-electron chi connectivity index (χ3n) is 2.78. The van der Waals surface area contributed by atoms with Crippen LogP contribution in [0.25, 0.3) is 10.8 Å². The van der Waals surface area contributed by atoms with E-state index < -0.39 is 21.0 Å². The van der Waals surface area contributed by atoms with Gasteiger partial charge in [-0.1, -0.05) is 49.0 Å². The molecule has 0 radical (unpaired) electrons. The van der Waals surface area contributed by atoms with E-state index in [1.807, 2.05) is 36.4 Å². The van der Waals surface area contributed by atoms with Gasteiger partial charge < -0.3 is 4.74 Å². The number of carbonyl (C=O) groups excluding carboxylic acids is 1. The average Bonchev–Trinajstić information content (AvgIpc) is 2.42. The van der Waals surface area contributed by atoms with Gasteiger partial charge in [0.25, 0.3) is 0 Å². The van der Waals surface area contributed by atoms with Crippen molar-refractivity contribution < 1.29 is 22.5 Å². The van der Waals surface area contributed by atoms with Crippen molar-refractivity contribution in [3.8, 4) is 0 Å². The number of benzene rings is 2. The number of carbonyl (C=O) groups is 1. The third-order valence-corrected chi connectivity index (χ3v) is 3.57. The Bertz CT molecular complexity index is 772. The first kappa shape index (κ1) is 14.2. The van der Waals surface area contributed by atoms with Crippen LogP contribution in [0.2, 0.25) is 0 Å². The number of rotatable bonds is 4. The van der Waals surface area contributed by atoms with Crippen LogP contribution in [-0.4, -0.2) is 18.9 Å². The van der Waals surface area contributed by atoms with Crippen molar-refractivity contribution in [2.45, 2.75) is 6.61 Å². The summed E-state index contributed by atoms with van der Waals surface area (Å²) in [6.45, 7) is 2.89. The Morgan fingerprint density at radius 1 is 1.15 bits per heavy atom. The molecule has 0 aliphatic rings. The summed E-state index contributed by atoms with van der Waals surface area (Å²) in [7, 11) is -4.62. The minimum Gasteiger partial charge on any atom is -0.457 e. The van der Waals surface area contributed by atoms with Gasteiger partial charge in [0.15, 0.2) is 4.91 Å². The second kappa shape index (κ2) is 5.44. The molecular weight excluding hydrogens is 280 g/mol. The van der Waals surface area contributed by atoms with E-state index in [1.54, 1.807) is 6.07 Å². The molecule has 0 spiro atoms. The predicted octanol–water partition coefficient (Wildman–Crippen LogP) is 2.28. The molecule has 0 aliphatic heterocycles. The molecule has 6 heteroatoms. The summed E-state index contributed by atoms with van der Waals surface area (Å²) in [4.78, 5) is 10.5. The molecule has 2 rings (SSSR count). The Balaban J connectivity index is 2.18. The molecular formula is C14H12O5S. The molecule has 0 saturated heterocycles.